The highest BCUT2D eigenvalue weighted by atomic mass is 35.5. The van der Waals surface area contributed by atoms with Gasteiger partial charge in [-0.05, 0) is 89.5 Å². The van der Waals surface area contributed by atoms with Crippen LogP contribution in [0.4, 0.5) is 4.79 Å². The maximum Gasteiger partial charge on any atom is 0.494 e. The zero-order valence-electron chi connectivity index (χ0n) is 23.1. The number of nitrogens with zero attached hydrogens (tertiary/aromatic N) is 2. The van der Waals surface area contributed by atoms with E-state index in [4.69, 9.17) is 25.6 Å². The number of amides is 1. The summed E-state index contributed by atoms with van der Waals surface area (Å²) in [6.45, 7) is 14.6. The monoisotopic (exact) mass is 528 g/mol. The van der Waals surface area contributed by atoms with Gasteiger partial charge in [-0.2, -0.15) is 0 Å². The molecule has 0 radical (unpaired) electrons. The molecule has 200 valence electrons. The third-order valence-electron chi connectivity index (χ3n) is 7.77. The van der Waals surface area contributed by atoms with Crippen molar-refractivity contribution in [1.82, 2.24) is 9.47 Å². The summed E-state index contributed by atoms with van der Waals surface area (Å²) in [5.41, 5.74) is 1.15. The summed E-state index contributed by atoms with van der Waals surface area (Å²) < 4.78 is 19.6. The summed E-state index contributed by atoms with van der Waals surface area (Å²) in [5, 5.41) is 0.581. The molecule has 7 nitrogen and oxygen atoms in total. The SMILES string of the molecule is Cn1ccc([C@H]2CCN(C(=O)OC(C)(C)C)C[C@@H]2c2ccc(B3OC(C)(C)C(C)(C)O3)cc2Cl)cc1=O. The van der Waals surface area contributed by atoms with Crippen LogP contribution in [0.2, 0.25) is 5.02 Å². The second kappa shape index (κ2) is 9.79. The van der Waals surface area contributed by atoms with Crippen LogP contribution < -0.4 is 11.0 Å². The van der Waals surface area contributed by atoms with E-state index in [1.165, 1.54) is 0 Å². The normalized spacial score (nSPS) is 23.3. The van der Waals surface area contributed by atoms with Gasteiger partial charge >= 0.3 is 13.2 Å². The van der Waals surface area contributed by atoms with Gasteiger partial charge < -0.3 is 23.5 Å². The average Bonchev–Trinajstić information content (AvgIpc) is 3.01. The zero-order valence-corrected chi connectivity index (χ0v) is 23.9. The molecule has 1 aromatic heterocycles. The van der Waals surface area contributed by atoms with Crippen LogP contribution in [0.5, 0.6) is 0 Å². The fourth-order valence-corrected chi connectivity index (χ4v) is 5.25. The lowest BCUT2D eigenvalue weighted by atomic mass is 9.74. The van der Waals surface area contributed by atoms with Gasteiger partial charge in [-0.15, -0.1) is 0 Å². The smallest absolute Gasteiger partial charge is 0.444 e. The Morgan fingerprint density at radius 3 is 2.30 bits per heavy atom. The molecule has 2 aliphatic rings. The molecule has 1 aromatic carbocycles. The van der Waals surface area contributed by atoms with Crippen molar-refractivity contribution < 1.29 is 18.8 Å². The predicted molar refractivity (Wildman–Crippen MR) is 147 cm³/mol. The summed E-state index contributed by atoms with van der Waals surface area (Å²) in [7, 11) is 1.22. The molecule has 2 atom stereocenters. The van der Waals surface area contributed by atoms with Crippen LogP contribution in [0, 0.1) is 0 Å². The number of carbonyl (C=O) groups is 1. The van der Waals surface area contributed by atoms with E-state index in [-0.39, 0.29) is 23.5 Å². The summed E-state index contributed by atoms with van der Waals surface area (Å²) in [5.74, 6) is -0.0963. The largest absolute Gasteiger partial charge is 0.494 e. The van der Waals surface area contributed by atoms with Crippen molar-refractivity contribution in [2.45, 2.75) is 83.5 Å². The van der Waals surface area contributed by atoms with Crippen molar-refractivity contribution in [3.63, 3.8) is 0 Å². The number of pyridine rings is 1. The molecule has 0 saturated carbocycles. The Morgan fingerprint density at radius 2 is 1.73 bits per heavy atom. The molecular weight excluding hydrogens is 491 g/mol. The summed E-state index contributed by atoms with van der Waals surface area (Å²) in [6, 6.07) is 9.55. The molecule has 0 unspecified atom stereocenters. The lowest BCUT2D eigenvalue weighted by Crippen LogP contribution is -2.44. The number of aromatic nitrogens is 1. The fraction of sp³-hybridized carbons (Fsp3) is 0.571. The van der Waals surface area contributed by atoms with Crippen LogP contribution >= 0.6 is 11.6 Å². The first-order valence-electron chi connectivity index (χ1n) is 12.9. The van der Waals surface area contributed by atoms with Crippen LogP contribution in [0.1, 0.15) is 77.8 Å². The molecule has 0 bridgehead atoms. The molecule has 0 N–H and O–H groups in total. The molecule has 37 heavy (non-hydrogen) atoms. The van der Waals surface area contributed by atoms with E-state index in [2.05, 4.69) is 0 Å². The van der Waals surface area contributed by atoms with Crippen LogP contribution in [-0.4, -0.2) is 52.6 Å². The molecule has 4 rings (SSSR count). The minimum atomic E-state index is -0.586. The maximum absolute atomic E-state index is 13.0. The van der Waals surface area contributed by atoms with Crippen LogP contribution in [0.3, 0.4) is 0 Å². The molecular formula is C28H38BClN2O5. The Balaban J connectivity index is 1.67. The highest BCUT2D eigenvalue weighted by molar-refractivity contribution is 6.62. The zero-order chi connectivity index (χ0) is 27.3. The van der Waals surface area contributed by atoms with Gasteiger partial charge in [0, 0.05) is 43.3 Å². The first-order chi connectivity index (χ1) is 17.1. The Morgan fingerprint density at radius 1 is 1.08 bits per heavy atom. The van der Waals surface area contributed by atoms with Crippen molar-refractivity contribution in [2.75, 3.05) is 13.1 Å². The second-order valence-electron chi connectivity index (χ2n) is 12.2. The van der Waals surface area contributed by atoms with Crippen molar-refractivity contribution in [3.05, 3.63) is 63.0 Å². The van der Waals surface area contributed by atoms with E-state index < -0.39 is 23.9 Å². The summed E-state index contributed by atoms with van der Waals surface area (Å²) in [6.07, 6.45) is 2.13. The number of ether oxygens (including phenoxy) is 1. The van der Waals surface area contributed by atoms with Gasteiger partial charge in [0.2, 0.25) is 0 Å². The van der Waals surface area contributed by atoms with Gasteiger partial charge in [0.1, 0.15) is 5.60 Å². The van der Waals surface area contributed by atoms with Crippen molar-refractivity contribution in [2.24, 2.45) is 7.05 Å². The van der Waals surface area contributed by atoms with E-state index in [9.17, 15) is 9.59 Å². The molecule has 1 amide bonds. The van der Waals surface area contributed by atoms with Crippen LogP contribution in [0.25, 0.3) is 0 Å². The number of halogens is 1. The van der Waals surface area contributed by atoms with Gasteiger partial charge in [-0.3, -0.25) is 4.79 Å². The number of aryl methyl sites for hydroxylation is 1. The number of hydrogen-bond donors (Lipinski definition) is 0. The fourth-order valence-electron chi connectivity index (χ4n) is 4.92. The molecule has 2 aliphatic heterocycles. The van der Waals surface area contributed by atoms with E-state index in [0.29, 0.717) is 24.5 Å². The lowest BCUT2D eigenvalue weighted by molar-refractivity contribution is 0.00578. The molecule has 0 spiro atoms. The second-order valence-corrected chi connectivity index (χ2v) is 12.6. The summed E-state index contributed by atoms with van der Waals surface area (Å²) >= 11 is 6.91. The van der Waals surface area contributed by atoms with Gasteiger partial charge in [0.15, 0.2) is 0 Å². The number of carbonyl (C=O) groups excluding carboxylic acids is 1. The van der Waals surface area contributed by atoms with Gasteiger partial charge in [-0.25, -0.2) is 4.79 Å². The lowest BCUT2D eigenvalue weighted by Gasteiger charge is -2.40. The number of hydrogen-bond acceptors (Lipinski definition) is 5. The molecule has 2 saturated heterocycles. The van der Waals surface area contributed by atoms with Crippen molar-refractivity contribution in [3.8, 4) is 0 Å². The highest BCUT2D eigenvalue weighted by Gasteiger charge is 2.51. The Labute approximate surface area is 225 Å². The molecule has 3 heterocycles. The topological polar surface area (TPSA) is 70.0 Å². The summed E-state index contributed by atoms with van der Waals surface area (Å²) in [4.78, 5) is 27.1. The first-order valence-corrected chi connectivity index (χ1v) is 13.3. The van der Waals surface area contributed by atoms with E-state index >= 15 is 0 Å². The van der Waals surface area contributed by atoms with E-state index in [1.807, 2.05) is 72.7 Å². The van der Waals surface area contributed by atoms with Gasteiger partial charge in [0.05, 0.1) is 11.2 Å². The van der Waals surface area contributed by atoms with Crippen molar-refractivity contribution in [1.29, 1.82) is 0 Å². The number of benzene rings is 1. The number of rotatable bonds is 3. The van der Waals surface area contributed by atoms with Gasteiger partial charge in [-0.1, -0.05) is 23.7 Å². The average molecular weight is 529 g/mol. The molecule has 9 heteroatoms. The van der Waals surface area contributed by atoms with Crippen molar-refractivity contribution >= 4 is 30.3 Å². The predicted octanol–water partition coefficient (Wildman–Crippen LogP) is 4.85. The third-order valence-corrected chi connectivity index (χ3v) is 8.10. The third kappa shape index (κ3) is 5.76. The van der Waals surface area contributed by atoms with Crippen LogP contribution in [-0.2, 0) is 21.1 Å². The molecule has 0 aliphatic carbocycles. The van der Waals surface area contributed by atoms with E-state index in [0.717, 1.165) is 16.6 Å². The molecule has 2 fully saturated rings. The van der Waals surface area contributed by atoms with Gasteiger partial charge in [0.25, 0.3) is 5.56 Å². The quantitative estimate of drug-likeness (QED) is 0.533. The minimum absolute atomic E-state index is 0.0211. The highest BCUT2D eigenvalue weighted by Crippen LogP contribution is 2.42. The number of piperidine rings is 1. The first kappa shape index (κ1) is 27.7. The van der Waals surface area contributed by atoms with Crippen LogP contribution in [0.15, 0.2) is 41.3 Å². The minimum Gasteiger partial charge on any atom is -0.444 e. The number of likely N-dealkylation sites (tertiary alicyclic amines) is 1. The molecule has 2 aromatic rings. The Hall–Kier alpha value is -2.29. The Bertz CT molecular complexity index is 1220. The van der Waals surface area contributed by atoms with E-state index in [1.54, 1.807) is 28.8 Å². The Kier molecular flexibility index (Phi) is 7.34. The standard InChI is InChI=1S/C28H38BClN2O5/c1-26(2,3)35-25(34)32-14-12-20(18-11-13-31(8)24(33)15-18)22(17-32)21-10-9-19(16-23(21)30)29-36-27(4,5)28(6,7)37-29/h9-11,13,15-16,20,22H,12,14,17H2,1-8H3/t20-,22+/m1/s1. The maximum atomic E-state index is 13.0.